The van der Waals surface area contributed by atoms with Crippen molar-refractivity contribution in [3.8, 4) is 0 Å². The Morgan fingerprint density at radius 1 is 0.967 bits per heavy atom. The summed E-state index contributed by atoms with van der Waals surface area (Å²) in [5.41, 5.74) is -6.67. The van der Waals surface area contributed by atoms with E-state index in [9.17, 15) is 34.5 Å². The summed E-state index contributed by atoms with van der Waals surface area (Å²) in [6.07, 6.45) is -8.58. The van der Waals surface area contributed by atoms with Crippen molar-refractivity contribution in [1.29, 1.82) is 0 Å². The lowest BCUT2D eigenvalue weighted by Gasteiger charge is -2.66. The van der Waals surface area contributed by atoms with Crippen LogP contribution in [0.2, 0.25) is 0 Å². The summed E-state index contributed by atoms with van der Waals surface area (Å²) in [5, 5.41) is 40.2. The zero-order valence-corrected chi connectivity index (χ0v) is 35.5. The van der Waals surface area contributed by atoms with Gasteiger partial charge in [0.05, 0.1) is 35.6 Å². The first kappa shape index (κ1) is 43.2. The van der Waals surface area contributed by atoms with Crippen molar-refractivity contribution in [2.45, 2.75) is 127 Å². The van der Waals surface area contributed by atoms with Crippen LogP contribution in [0.1, 0.15) is 102 Å². The first-order valence-electron chi connectivity index (χ1n) is 19.8. The number of benzene rings is 2. The van der Waals surface area contributed by atoms with Crippen molar-refractivity contribution in [2.24, 2.45) is 11.3 Å². The lowest BCUT2D eigenvalue weighted by Crippen LogP contribution is -2.80. The molecule has 16 heteroatoms. The van der Waals surface area contributed by atoms with Crippen LogP contribution in [0.5, 0.6) is 0 Å². The highest BCUT2D eigenvalue weighted by molar-refractivity contribution is 7.71. The molecule has 4 N–H and O–H groups in total. The largest absolute Gasteiger partial charge is 0.456 e. The standard InChI is InChI=1S/C44H51NO14S/c1-22-26(54-37(50)31(48)30(24-15-11-9-12-16-24)45-38(51)59-40(3,4)5)20-44(52)35(56-36(49)25-17-13-10-14-18-25)33-42(8,27(47)19-28-43(33,21-53-28)58-23(2)46)34-32(55-39(60)57-34)29(22)41(44,6)7/h9-18,26-28,30-31,33,35,47-48,52H,19-21H2,1-8H3,(H,45,51)/t26-,27+,28+,30-,31+,33-,35-,42+,43-,44+/m0/s1. The van der Waals surface area contributed by atoms with Gasteiger partial charge in [0, 0.05) is 43.0 Å². The van der Waals surface area contributed by atoms with E-state index in [1.807, 2.05) is 0 Å². The van der Waals surface area contributed by atoms with Crippen molar-refractivity contribution in [3.63, 3.8) is 0 Å². The van der Waals surface area contributed by atoms with Gasteiger partial charge in [-0.05, 0) is 57.9 Å². The summed E-state index contributed by atoms with van der Waals surface area (Å²) >= 11 is 5.49. The van der Waals surface area contributed by atoms with E-state index >= 15 is 0 Å². The van der Waals surface area contributed by atoms with E-state index in [-0.39, 0.29) is 40.6 Å². The predicted molar refractivity (Wildman–Crippen MR) is 214 cm³/mol. The Balaban J connectivity index is 1.40. The third-order valence-corrected chi connectivity index (χ3v) is 12.9. The molecule has 10 atom stereocenters. The zero-order valence-electron chi connectivity index (χ0n) is 34.7. The Kier molecular flexibility index (Phi) is 11.0. The Hall–Kier alpha value is -4.87. The molecular weight excluding hydrogens is 799 g/mol. The average Bonchev–Trinajstić information content (AvgIpc) is 3.56. The van der Waals surface area contributed by atoms with Gasteiger partial charge in [0.1, 0.15) is 29.5 Å². The van der Waals surface area contributed by atoms with Gasteiger partial charge in [0.2, 0.25) is 0 Å². The lowest BCUT2D eigenvalue weighted by molar-refractivity contribution is -0.338. The highest BCUT2D eigenvalue weighted by Gasteiger charge is 2.77. The van der Waals surface area contributed by atoms with E-state index in [0.717, 1.165) is 0 Å². The number of aliphatic hydroxyl groups excluding tert-OH is 2. The number of ether oxygens (including phenoxy) is 5. The van der Waals surface area contributed by atoms with Crippen LogP contribution in [0.25, 0.3) is 5.57 Å². The van der Waals surface area contributed by atoms with Gasteiger partial charge in [0.15, 0.2) is 23.2 Å². The Labute approximate surface area is 352 Å². The maximum absolute atomic E-state index is 14.3. The van der Waals surface area contributed by atoms with Gasteiger partial charge >= 0.3 is 28.9 Å². The fourth-order valence-electron chi connectivity index (χ4n) is 9.78. The van der Waals surface area contributed by atoms with Crippen LogP contribution in [0.15, 0.2) is 75.1 Å². The fraction of sp³-hybridized carbons (Fsp3) is 0.523. The van der Waals surface area contributed by atoms with E-state index in [4.69, 9.17) is 44.7 Å². The molecule has 1 aromatic heterocycles. The van der Waals surface area contributed by atoms with Crippen LogP contribution < -0.4 is 5.32 Å². The van der Waals surface area contributed by atoms with E-state index in [1.54, 1.807) is 97.0 Å². The van der Waals surface area contributed by atoms with Gasteiger partial charge in [-0.3, -0.25) is 4.79 Å². The quantitative estimate of drug-likeness (QED) is 0.122. The molecule has 60 heavy (non-hydrogen) atoms. The minimum atomic E-state index is -2.24. The number of carbonyl (C=O) groups is 4. The molecule has 0 unspecified atom stereocenters. The molecule has 1 aliphatic heterocycles. The Morgan fingerprint density at radius 3 is 2.18 bits per heavy atom. The monoisotopic (exact) mass is 849 g/mol. The third kappa shape index (κ3) is 7.05. The number of fused-ring (bicyclic) bond motifs is 8. The number of hydrogen-bond acceptors (Lipinski definition) is 15. The molecule has 1 amide bonds. The van der Waals surface area contributed by atoms with Crippen molar-refractivity contribution < 1.29 is 67.0 Å². The molecule has 3 aromatic rings. The van der Waals surface area contributed by atoms with Crippen molar-refractivity contribution in [3.05, 3.63) is 93.8 Å². The highest BCUT2D eigenvalue weighted by Crippen LogP contribution is 2.66. The topological polar surface area (TPSA) is 213 Å². The smallest absolute Gasteiger partial charge is 0.408 e. The van der Waals surface area contributed by atoms with Crippen LogP contribution in [0.4, 0.5) is 4.79 Å². The molecule has 3 aliphatic carbocycles. The summed E-state index contributed by atoms with van der Waals surface area (Å²) in [6, 6.07) is 15.0. The number of rotatable bonds is 8. The second kappa shape index (κ2) is 15.2. The first-order chi connectivity index (χ1) is 28.0. The third-order valence-electron chi connectivity index (χ3n) is 12.7. The van der Waals surface area contributed by atoms with Gasteiger partial charge in [-0.1, -0.05) is 62.4 Å². The SMILES string of the molecule is CC(=O)O[C@@]12CO[C@@H]1C[C@@H](O)[C@@]1(C)c3oc(=S)oc3C3=C(C)[C@@H](OC(=O)[C@H](O)[C@@H](NC(=O)OC(C)(C)C)c4ccccc4)C[C@@](O)([C@@H](OC(=O)c4ccccc4)[C@H]21)C3(C)C. The molecule has 322 valence electrons. The number of alkyl carbamates (subject to hydrolysis) is 1. The van der Waals surface area contributed by atoms with E-state index in [0.29, 0.717) is 11.1 Å². The Morgan fingerprint density at radius 2 is 1.60 bits per heavy atom. The van der Waals surface area contributed by atoms with Crippen molar-refractivity contribution in [2.75, 3.05) is 6.61 Å². The number of hydrogen-bond donors (Lipinski definition) is 4. The van der Waals surface area contributed by atoms with Crippen molar-refractivity contribution >= 4 is 41.8 Å². The average molecular weight is 850 g/mol. The summed E-state index contributed by atoms with van der Waals surface area (Å²) < 4.78 is 42.6. The van der Waals surface area contributed by atoms with Gasteiger partial charge in [-0.25, -0.2) is 14.4 Å². The fourth-order valence-corrected chi connectivity index (χ4v) is 9.95. The maximum Gasteiger partial charge on any atom is 0.408 e. The summed E-state index contributed by atoms with van der Waals surface area (Å²) in [7, 11) is 0. The Bertz CT molecular complexity index is 2260. The number of aliphatic hydroxyl groups is 3. The zero-order chi connectivity index (χ0) is 43.7. The van der Waals surface area contributed by atoms with Crippen LogP contribution in [-0.2, 0) is 38.7 Å². The highest BCUT2D eigenvalue weighted by atomic mass is 32.1. The minimum Gasteiger partial charge on any atom is -0.456 e. The normalized spacial score (nSPS) is 31.3. The number of esters is 3. The molecule has 15 nitrogen and oxygen atoms in total. The molecular formula is C44H51NO14S. The van der Waals surface area contributed by atoms with E-state index < -0.39 is 101 Å². The van der Waals surface area contributed by atoms with Crippen LogP contribution in [0.3, 0.4) is 0 Å². The van der Waals surface area contributed by atoms with Gasteiger partial charge in [0.25, 0.3) is 0 Å². The minimum absolute atomic E-state index is 0.0322. The molecule has 2 fully saturated rings. The lowest BCUT2D eigenvalue weighted by atomic mass is 9.46. The van der Waals surface area contributed by atoms with Gasteiger partial charge < -0.3 is 53.2 Å². The summed E-state index contributed by atoms with van der Waals surface area (Å²) in [6.45, 7) is 12.7. The van der Waals surface area contributed by atoms with Crippen LogP contribution >= 0.6 is 12.2 Å². The summed E-state index contributed by atoms with van der Waals surface area (Å²) in [5.74, 6) is -3.94. The molecule has 0 radical (unpaired) electrons. The second-order valence-corrected chi connectivity index (χ2v) is 18.2. The van der Waals surface area contributed by atoms with Gasteiger partial charge in [-0.15, -0.1) is 0 Å². The summed E-state index contributed by atoms with van der Waals surface area (Å²) in [4.78, 5) is 54.3. The number of nitrogens with one attached hydrogen (secondary N) is 1. The maximum atomic E-state index is 14.3. The molecule has 2 aromatic carbocycles. The molecule has 1 saturated heterocycles. The molecule has 2 bridgehead atoms. The van der Waals surface area contributed by atoms with Crippen LogP contribution in [-0.4, -0.2) is 93.3 Å². The molecule has 0 spiro atoms. The number of carbonyl (C=O) groups excluding carboxylic acids is 4. The van der Waals surface area contributed by atoms with E-state index in [1.165, 1.54) is 19.1 Å². The molecule has 1 saturated carbocycles. The number of amides is 1. The first-order valence-corrected chi connectivity index (χ1v) is 20.2. The second-order valence-electron chi connectivity index (χ2n) is 17.9. The molecule has 2 heterocycles. The van der Waals surface area contributed by atoms with Crippen molar-refractivity contribution in [1.82, 2.24) is 5.32 Å². The van der Waals surface area contributed by atoms with E-state index in [2.05, 4.69) is 5.32 Å². The predicted octanol–water partition coefficient (Wildman–Crippen LogP) is 5.65. The van der Waals surface area contributed by atoms with Crippen LogP contribution in [0, 0.1) is 16.2 Å². The molecule has 4 aliphatic rings. The molecule has 7 rings (SSSR count). The van der Waals surface area contributed by atoms with Gasteiger partial charge in [-0.2, -0.15) is 0 Å².